The molecule has 0 aromatic heterocycles. The van der Waals surface area contributed by atoms with E-state index in [4.69, 9.17) is 9.47 Å². The van der Waals surface area contributed by atoms with E-state index in [0.717, 1.165) is 19.0 Å². The average Bonchev–Trinajstić information content (AvgIpc) is 2.35. The molecule has 0 radical (unpaired) electrons. The number of hydrogen-bond donors (Lipinski definition) is 0. The standard InChI is InChI=1S/C12H11Br3O3/c1-3-17-7(2)12(16)18-6-8-4-5-9(13)11(15)10(8)14/h4-5H,2-3,6H2,1H3. The van der Waals surface area contributed by atoms with Crippen LogP contribution in [0.3, 0.4) is 0 Å². The van der Waals surface area contributed by atoms with Gasteiger partial charge in [-0.05, 0) is 67.4 Å². The van der Waals surface area contributed by atoms with Crippen LogP contribution in [0.25, 0.3) is 0 Å². The monoisotopic (exact) mass is 440 g/mol. The first-order chi connectivity index (χ1) is 8.47. The molecule has 98 valence electrons. The van der Waals surface area contributed by atoms with Gasteiger partial charge in [0.1, 0.15) is 6.61 Å². The molecule has 3 nitrogen and oxygen atoms in total. The Bertz CT molecular complexity index is 472. The Morgan fingerprint density at radius 2 is 1.89 bits per heavy atom. The zero-order valence-corrected chi connectivity index (χ0v) is 14.4. The van der Waals surface area contributed by atoms with E-state index in [9.17, 15) is 4.79 Å². The lowest BCUT2D eigenvalue weighted by Gasteiger charge is -2.10. The van der Waals surface area contributed by atoms with Crippen LogP contribution in [0.15, 0.2) is 37.9 Å². The van der Waals surface area contributed by atoms with Gasteiger partial charge in [-0.3, -0.25) is 0 Å². The molecule has 6 heteroatoms. The maximum absolute atomic E-state index is 11.5. The van der Waals surface area contributed by atoms with E-state index in [1.165, 1.54) is 0 Å². The topological polar surface area (TPSA) is 35.5 Å². The summed E-state index contributed by atoms with van der Waals surface area (Å²) in [7, 11) is 0. The van der Waals surface area contributed by atoms with Gasteiger partial charge in [0, 0.05) is 19.0 Å². The Labute approximate surface area is 131 Å². The molecule has 0 aliphatic rings. The number of esters is 1. The Morgan fingerprint density at radius 1 is 1.22 bits per heavy atom. The molecule has 0 atom stereocenters. The molecule has 1 aromatic carbocycles. The van der Waals surface area contributed by atoms with E-state index in [-0.39, 0.29) is 12.4 Å². The van der Waals surface area contributed by atoms with Crippen molar-refractivity contribution in [3.63, 3.8) is 0 Å². The van der Waals surface area contributed by atoms with Crippen molar-refractivity contribution >= 4 is 53.8 Å². The minimum absolute atomic E-state index is 0.0183. The number of carbonyl (C=O) groups excluding carboxylic acids is 1. The summed E-state index contributed by atoms with van der Waals surface area (Å²) in [6.07, 6.45) is 0. The molecular weight excluding hydrogens is 432 g/mol. The third-order valence-corrected chi connectivity index (χ3v) is 5.47. The molecule has 0 bridgehead atoms. The summed E-state index contributed by atoms with van der Waals surface area (Å²) in [5.74, 6) is -0.535. The minimum Gasteiger partial charge on any atom is -0.487 e. The van der Waals surface area contributed by atoms with Crippen LogP contribution in [0.1, 0.15) is 12.5 Å². The van der Waals surface area contributed by atoms with Crippen molar-refractivity contribution in [3.8, 4) is 0 Å². The van der Waals surface area contributed by atoms with E-state index in [2.05, 4.69) is 54.4 Å². The smallest absolute Gasteiger partial charge is 0.373 e. The zero-order valence-electron chi connectivity index (χ0n) is 9.63. The fourth-order valence-corrected chi connectivity index (χ4v) is 2.58. The van der Waals surface area contributed by atoms with Gasteiger partial charge in [-0.2, -0.15) is 0 Å². The van der Waals surface area contributed by atoms with Crippen molar-refractivity contribution in [1.29, 1.82) is 0 Å². The van der Waals surface area contributed by atoms with Crippen molar-refractivity contribution in [2.24, 2.45) is 0 Å². The number of rotatable bonds is 5. The van der Waals surface area contributed by atoms with Gasteiger partial charge in [0.25, 0.3) is 0 Å². The normalized spacial score (nSPS) is 10.0. The summed E-state index contributed by atoms with van der Waals surface area (Å²) in [6, 6.07) is 3.73. The Hall–Kier alpha value is -0.330. The first-order valence-electron chi connectivity index (χ1n) is 5.08. The van der Waals surface area contributed by atoms with Crippen LogP contribution in [-0.2, 0) is 20.9 Å². The van der Waals surface area contributed by atoms with Crippen molar-refractivity contribution in [3.05, 3.63) is 43.5 Å². The lowest BCUT2D eigenvalue weighted by molar-refractivity contribution is -0.144. The number of halogens is 3. The van der Waals surface area contributed by atoms with Crippen molar-refractivity contribution in [1.82, 2.24) is 0 Å². The molecule has 0 fully saturated rings. The molecule has 0 heterocycles. The molecule has 0 saturated carbocycles. The van der Waals surface area contributed by atoms with E-state index in [0.29, 0.717) is 6.61 Å². The molecule has 1 aromatic rings. The van der Waals surface area contributed by atoms with Gasteiger partial charge in [0.15, 0.2) is 5.76 Å². The second-order valence-electron chi connectivity index (χ2n) is 3.27. The first kappa shape index (κ1) is 15.7. The number of ether oxygens (including phenoxy) is 2. The molecule has 18 heavy (non-hydrogen) atoms. The summed E-state index contributed by atoms with van der Waals surface area (Å²) in [5, 5.41) is 0. The van der Waals surface area contributed by atoms with Gasteiger partial charge >= 0.3 is 5.97 Å². The molecule has 0 spiro atoms. The molecule has 0 aliphatic carbocycles. The summed E-state index contributed by atoms with van der Waals surface area (Å²) < 4.78 is 12.7. The third kappa shape index (κ3) is 4.10. The van der Waals surface area contributed by atoms with E-state index in [1.807, 2.05) is 12.1 Å². The van der Waals surface area contributed by atoms with Crippen LogP contribution in [0.4, 0.5) is 0 Å². The lowest BCUT2D eigenvalue weighted by Crippen LogP contribution is -2.10. The highest BCUT2D eigenvalue weighted by Gasteiger charge is 2.12. The van der Waals surface area contributed by atoms with Crippen LogP contribution >= 0.6 is 47.8 Å². The van der Waals surface area contributed by atoms with E-state index >= 15 is 0 Å². The molecule has 0 saturated heterocycles. The Balaban J connectivity index is 2.67. The predicted octanol–water partition coefficient (Wildman–Crippen LogP) is 4.57. The zero-order chi connectivity index (χ0) is 13.7. The highest BCUT2D eigenvalue weighted by Crippen LogP contribution is 2.33. The van der Waals surface area contributed by atoms with Gasteiger partial charge in [0.2, 0.25) is 0 Å². The van der Waals surface area contributed by atoms with Gasteiger partial charge in [-0.25, -0.2) is 4.79 Å². The van der Waals surface area contributed by atoms with Crippen LogP contribution in [0.2, 0.25) is 0 Å². The van der Waals surface area contributed by atoms with Gasteiger partial charge in [-0.15, -0.1) is 0 Å². The number of carbonyl (C=O) groups is 1. The van der Waals surface area contributed by atoms with Crippen LogP contribution in [0.5, 0.6) is 0 Å². The van der Waals surface area contributed by atoms with E-state index in [1.54, 1.807) is 6.92 Å². The van der Waals surface area contributed by atoms with Gasteiger partial charge < -0.3 is 9.47 Å². The van der Waals surface area contributed by atoms with Crippen molar-refractivity contribution in [2.45, 2.75) is 13.5 Å². The Kier molecular flexibility index (Phi) is 6.38. The SMILES string of the molecule is C=C(OCC)C(=O)OCc1ccc(Br)c(Br)c1Br. The molecular formula is C12H11Br3O3. The average molecular weight is 443 g/mol. The largest absolute Gasteiger partial charge is 0.487 e. The van der Waals surface area contributed by atoms with E-state index < -0.39 is 5.97 Å². The second kappa shape index (κ2) is 7.31. The molecule has 0 unspecified atom stereocenters. The minimum atomic E-state index is -0.553. The lowest BCUT2D eigenvalue weighted by atomic mass is 10.2. The maximum Gasteiger partial charge on any atom is 0.373 e. The van der Waals surface area contributed by atoms with Crippen LogP contribution in [0, 0.1) is 0 Å². The summed E-state index contributed by atoms with van der Waals surface area (Å²) in [5.41, 5.74) is 0.850. The first-order valence-corrected chi connectivity index (χ1v) is 7.46. The fraction of sp³-hybridized carbons (Fsp3) is 0.250. The Morgan fingerprint density at radius 3 is 2.50 bits per heavy atom. The fourth-order valence-electron chi connectivity index (χ4n) is 1.13. The number of benzene rings is 1. The molecule has 0 amide bonds. The predicted molar refractivity (Wildman–Crippen MR) is 80.1 cm³/mol. The number of hydrogen-bond acceptors (Lipinski definition) is 3. The molecule has 0 N–H and O–H groups in total. The van der Waals surface area contributed by atoms with Gasteiger partial charge in [0.05, 0.1) is 6.61 Å². The van der Waals surface area contributed by atoms with Crippen molar-refractivity contribution < 1.29 is 14.3 Å². The molecule has 0 aliphatic heterocycles. The van der Waals surface area contributed by atoms with Crippen molar-refractivity contribution in [2.75, 3.05) is 6.61 Å². The summed E-state index contributed by atoms with van der Waals surface area (Å²) in [6.45, 7) is 5.80. The molecule has 1 rings (SSSR count). The third-order valence-electron chi connectivity index (χ3n) is 2.02. The maximum atomic E-state index is 11.5. The van der Waals surface area contributed by atoms with Crippen LogP contribution < -0.4 is 0 Å². The summed E-state index contributed by atoms with van der Waals surface area (Å²) >= 11 is 10.2. The van der Waals surface area contributed by atoms with Gasteiger partial charge in [-0.1, -0.05) is 6.07 Å². The summed E-state index contributed by atoms with van der Waals surface area (Å²) in [4.78, 5) is 11.5. The second-order valence-corrected chi connectivity index (χ2v) is 5.71. The highest BCUT2D eigenvalue weighted by molar-refractivity contribution is 9.14. The quantitative estimate of drug-likeness (QED) is 0.290. The highest BCUT2D eigenvalue weighted by atomic mass is 79.9. The van der Waals surface area contributed by atoms with Crippen LogP contribution in [-0.4, -0.2) is 12.6 Å².